The summed E-state index contributed by atoms with van der Waals surface area (Å²) in [6, 6.07) is 0.515. The first-order valence-corrected chi connectivity index (χ1v) is 7.08. The van der Waals surface area contributed by atoms with Gasteiger partial charge in [-0.1, -0.05) is 19.1 Å². The van der Waals surface area contributed by atoms with Gasteiger partial charge in [-0.05, 0) is 18.7 Å². The Bertz CT molecular complexity index is 279. The van der Waals surface area contributed by atoms with Crippen molar-refractivity contribution < 1.29 is 0 Å². The van der Waals surface area contributed by atoms with E-state index < -0.39 is 0 Å². The van der Waals surface area contributed by atoms with E-state index in [1.807, 2.05) is 25.0 Å². The Kier molecular flexibility index (Phi) is 6.49. The van der Waals surface area contributed by atoms with E-state index in [4.69, 9.17) is 0 Å². The fraction of sp³-hybridized carbons (Fsp3) is 0.818. The highest BCUT2D eigenvalue weighted by atomic mass is 32.2. The zero-order chi connectivity index (χ0) is 11.8. The summed E-state index contributed by atoms with van der Waals surface area (Å²) in [5, 5.41) is 11.7. The third kappa shape index (κ3) is 4.99. The normalized spacial score (nSPS) is 12.9. The maximum absolute atomic E-state index is 4.14. The van der Waals surface area contributed by atoms with Gasteiger partial charge in [0.15, 0.2) is 0 Å². The van der Waals surface area contributed by atoms with Crippen molar-refractivity contribution in [2.75, 3.05) is 18.1 Å². The maximum Gasteiger partial charge on any atom is 0.0842 e. The van der Waals surface area contributed by atoms with Crippen LogP contribution in [-0.4, -0.2) is 39.1 Å². The van der Waals surface area contributed by atoms with E-state index >= 15 is 0 Å². The number of hydrogen-bond donors (Lipinski definition) is 1. The number of aryl methyl sites for hydroxylation is 1. The Morgan fingerprint density at radius 2 is 2.31 bits per heavy atom. The van der Waals surface area contributed by atoms with E-state index in [-0.39, 0.29) is 0 Å². The van der Waals surface area contributed by atoms with Crippen LogP contribution in [0.25, 0.3) is 0 Å². The van der Waals surface area contributed by atoms with Crippen LogP contribution in [0.3, 0.4) is 0 Å². The Hall–Kier alpha value is -0.550. The highest BCUT2D eigenvalue weighted by Gasteiger charge is 2.10. The summed E-state index contributed by atoms with van der Waals surface area (Å²) in [6.07, 6.45) is 4.14. The Morgan fingerprint density at radius 3 is 2.88 bits per heavy atom. The predicted molar refractivity (Wildman–Crippen MR) is 69.8 cm³/mol. The lowest BCUT2D eigenvalue weighted by molar-refractivity contribution is 0.545. The lowest BCUT2D eigenvalue weighted by Crippen LogP contribution is -2.34. The van der Waals surface area contributed by atoms with Crippen LogP contribution < -0.4 is 5.32 Å². The fourth-order valence-electron chi connectivity index (χ4n) is 1.54. The van der Waals surface area contributed by atoms with Crippen molar-refractivity contribution in [3.63, 3.8) is 0 Å². The standard InChI is InChI=1S/C11H22N4S/c1-4-6-12-11(9-16-5-2)7-10-8-15(3)14-13-10/h8,11-12H,4-7,9H2,1-3H3. The highest BCUT2D eigenvalue weighted by molar-refractivity contribution is 7.99. The van der Waals surface area contributed by atoms with Crippen LogP contribution in [-0.2, 0) is 13.5 Å². The number of rotatable bonds is 8. The van der Waals surface area contributed by atoms with Crippen molar-refractivity contribution in [3.05, 3.63) is 11.9 Å². The van der Waals surface area contributed by atoms with Crippen LogP contribution in [0.2, 0.25) is 0 Å². The summed E-state index contributed by atoms with van der Waals surface area (Å²) in [4.78, 5) is 0. The monoisotopic (exact) mass is 242 g/mol. The van der Waals surface area contributed by atoms with Gasteiger partial charge < -0.3 is 5.32 Å². The molecule has 0 aliphatic rings. The van der Waals surface area contributed by atoms with Crippen LogP contribution in [0, 0.1) is 0 Å². The second-order valence-electron chi connectivity index (χ2n) is 3.90. The van der Waals surface area contributed by atoms with E-state index in [9.17, 15) is 0 Å². The van der Waals surface area contributed by atoms with Crippen molar-refractivity contribution in [1.82, 2.24) is 20.3 Å². The van der Waals surface area contributed by atoms with Crippen LogP contribution >= 0.6 is 11.8 Å². The van der Waals surface area contributed by atoms with Gasteiger partial charge in [0.05, 0.1) is 5.69 Å². The van der Waals surface area contributed by atoms with Gasteiger partial charge in [0.25, 0.3) is 0 Å². The molecule has 0 saturated carbocycles. The highest BCUT2D eigenvalue weighted by Crippen LogP contribution is 2.06. The van der Waals surface area contributed by atoms with Crippen molar-refractivity contribution in [2.45, 2.75) is 32.7 Å². The van der Waals surface area contributed by atoms with Gasteiger partial charge in [0.1, 0.15) is 0 Å². The smallest absolute Gasteiger partial charge is 0.0842 e. The van der Waals surface area contributed by atoms with Crippen LogP contribution in [0.15, 0.2) is 6.20 Å². The molecule has 0 aromatic carbocycles. The molecule has 0 aliphatic heterocycles. The number of hydrogen-bond acceptors (Lipinski definition) is 4. The van der Waals surface area contributed by atoms with E-state index in [0.29, 0.717) is 6.04 Å². The van der Waals surface area contributed by atoms with Crippen LogP contribution in [0.1, 0.15) is 26.0 Å². The zero-order valence-electron chi connectivity index (χ0n) is 10.4. The SMILES string of the molecule is CCCNC(CSCC)Cc1cn(C)nn1. The number of thioether (sulfide) groups is 1. The third-order valence-corrected chi connectivity index (χ3v) is 3.36. The number of nitrogens with one attached hydrogen (secondary N) is 1. The Morgan fingerprint density at radius 1 is 1.50 bits per heavy atom. The predicted octanol–water partition coefficient (Wildman–Crippen LogP) is 1.48. The summed E-state index contributed by atoms with van der Waals surface area (Å²) < 4.78 is 1.76. The minimum atomic E-state index is 0.515. The molecule has 1 N–H and O–H groups in total. The van der Waals surface area contributed by atoms with Gasteiger partial charge in [-0.15, -0.1) is 5.10 Å². The second-order valence-corrected chi connectivity index (χ2v) is 5.22. The average molecular weight is 242 g/mol. The first-order valence-electron chi connectivity index (χ1n) is 5.92. The molecule has 4 nitrogen and oxygen atoms in total. The molecular formula is C11H22N4S. The van der Waals surface area contributed by atoms with Gasteiger partial charge >= 0.3 is 0 Å². The molecule has 1 rings (SSSR count). The largest absolute Gasteiger partial charge is 0.313 e. The molecule has 0 radical (unpaired) electrons. The molecule has 0 spiro atoms. The summed E-state index contributed by atoms with van der Waals surface area (Å²) >= 11 is 1.98. The molecule has 1 unspecified atom stereocenters. The maximum atomic E-state index is 4.14. The van der Waals surface area contributed by atoms with Gasteiger partial charge in [-0.2, -0.15) is 11.8 Å². The van der Waals surface area contributed by atoms with Gasteiger partial charge in [0.2, 0.25) is 0 Å². The van der Waals surface area contributed by atoms with Crippen LogP contribution in [0.5, 0.6) is 0 Å². The molecule has 0 saturated heterocycles. The molecule has 1 aromatic heterocycles. The van der Waals surface area contributed by atoms with E-state index in [1.54, 1.807) is 4.68 Å². The van der Waals surface area contributed by atoms with Crippen molar-refractivity contribution in [3.8, 4) is 0 Å². The minimum Gasteiger partial charge on any atom is -0.313 e. The summed E-state index contributed by atoms with van der Waals surface area (Å²) in [5.74, 6) is 2.32. The third-order valence-electron chi connectivity index (χ3n) is 2.31. The lowest BCUT2D eigenvalue weighted by Gasteiger charge is -2.16. The molecule has 92 valence electrons. The summed E-state index contributed by atoms with van der Waals surface area (Å²) in [5.41, 5.74) is 1.08. The van der Waals surface area contributed by atoms with E-state index in [1.165, 1.54) is 12.2 Å². The first kappa shape index (κ1) is 13.5. The molecule has 0 amide bonds. The Balaban J connectivity index is 2.41. The number of aromatic nitrogens is 3. The molecule has 0 fully saturated rings. The molecular weight excluding hydrogens is 220 g/mol. The zero-order valence-corrected chi connectivity index (χ0v) is 11.3. The molecule has 0 bridgehead atoms. The number of nitrogens with zero attached hydrogens (tertiary/aromatic N) is 3. The molecule has 1 atom stereocenters. The quantitative estimate of drug-likeness (QED) is 0.750. The van der Waals surface area contributed by atoms with E-state index in [0.717, 1.165) is 24.4 Å². The molecule has 1 aromatic rings. The molecule has 16 heavy (non-hydrogen) atoms. The van der Waals surface area contributed by atoms with Crippen molar-refractivity contribution in [1.29, 1.82) is 0 Å². The topological polar surface area (TPSA) is 42.7 Å². The van der Waals surface area contributed by atoms with Gasteiger partial charge in [-0.3, -0.25) is 4.68 Å². The summed E-state index contributed by atoms with van der Waals surface area (Å²) in [7, 11) is 1.91. The average Bonchev–Trinajstić information content (AvgIpc) is 2.68. The lowest BCUT2D eigenvalue weighted by atomic mass is 10.2. The van der Waals surface area contributed by atoms with E-state index in [2.05, 4.69) is 29.5 Å². The van der Waals surface area contributed by atoms with Crippen molar-refractivity contribution in [2.24, 2.45) is 7.05 Å². The molecule has 5 heteroatoms. The minimum absolute atomic E-state index is 0.515. The van der Waals surface area contributed by atoms with Crippen LogP contribution in [0.4, 0.5) is 0 Å². The first-order chi connectivity index (χ1) is 7.76. The second kappa shape index (κ2) is 7.68. The molecule has 0 aliphatic carbocycles. The Labute approximate surface area is 102 Å². The van der Waals surface area contributed by atoms with Crippen molar-refractivity contribution >= 4 is 11.8 Å². The van der Waals surface area contributed by atoms with Gasteiger partial charge in [0, 0.05) is 31.5 Å². The summed E-state index contributed by atoms with van der Waals surface area (Å²) in [6.45, 7) is 5.47. The fourth-order valence-corrected chi connectivity index (χ4v) is 2.30. The molecule has 1 heterocycles. The van der Waals surface area contributed by atoms with Gasteiger partial charge in [-0.25, -0.2) is 0 Å².